The van der Waals surface area contributed by atoms with E-state index in [1.807, 2.05) is 47.0 Å². The van der Waals surface area contributed by atoms with Gasteiger partial charge in [0.1, 0.15) is 0 Å². The first kappa shape index (κ1) is 16.1. The molecule has 1 aliphatic heterocycles. The first-order valence-electron chi connectivity index (χ1n) is 8.40. The van der Waals surface area contributed by atoms with Crippen molar-refractivity contribution in [2.45, 2.75) is 19.4 Å². The molecule has 1 aromatic carbocycles. The molecule has 0 atom stereocenters. The number of hydrogen-bond donors (Lipinski definition) is 1. The number of nitrogens with one attached hydrogen (secondary N) is 1. The van der Waals surface area contributed by atoms with Crippen LogP contribution in [0.4, 0.5) is 5.69 Å². The maximum Gasteiger partial charge on any atom is 0.257 e. The summed E-state index contributed by atoms with van der Waals surface area (Å²) < 4.78 is 1.89. The fraction of sp³-hybridized carbons (Fsp3) is 0.150. The second-order valence-corrected chi connectivity index (χ2v) is 6.29. The van der Waals surface area contributed by atoms with E-state index in [0.717, 1.165) is 11.1 Å². The van der Waals surface area contributed by atoms with Crippen LogP contribution in [0.3, 0.4) is 0 Å². The Morgan fingerprint density at radius 1 is 1.00 bits per heavy atom. The summed E-state index contributed by atoms with van der Waals surface area (Å²) in [6, 6.07) is 14.8. The molecule has 0 saturated carbocycles. The number of imide groups is 1. The number of likely N-dealkylation sites (tertiary alicyclic amines) is 1. The van der Waals surface area contributed by atoms with Crippen LogP contribution in [0.25, 0.3) is 5.52 Å². The number of aromatic nitrogens is 1. The van der Waals surface area contributed by atoms with Crippen molar-refractivity contribution in [1.82, 2.24) is 9.30 Å². The topological polar surface area (TPSA) is 70.9 Å². The molecule has 3 heterocycles. The van der Waals surface area contributed by atoms with Crippen LogP contribution >= 0.6 is 0 Å². The van der Waals surface area contributed by atoms with E-state index in [2.05, 4.69) is 5.32 Å². The summed E-state index contributed by atoms with van der Waals surface area (Å²) in [6.07, 6.45) is 4.25. The highest BCUT2D eigenvalue weighted by molar-refractivity contribution is 6.05. The van der Waals surface area contributed by atoms with Crippen LogP contribution in [0, 0.1) is 0 Å². The van der Waals surface area contributed by atoms with Crippen molar-refractivity contribution in [1.29, 1.82) is 0 Å². The summed E-state index contributed by atoms with van der Waals surface area (Å²) in [5, 5.41) is 2.86. The molecule has 3 aromatic rings. The third kappa shape index (κ3) is 3.09. The molecule has 3 amide bonds. The van der Waals surface area contributed by atoms with Crippen molar-refractivity contribution >= 4 is 28.9 Å². The SMILES string of the molecule is O=C(Nc1ccc(CN2C(=O)CCC2=O)cc1)c1cc2ccccn2c1. The van der Waals surface area contributed by atoms with Crippen LogP contribution in [-0.2, 0) is 16.1 Å². The number of anilines is 1. The maximum atomic E-state index is 12.4. The van der Waals surface area contributed by atoms with E-state index in [-0.39, 0.29) is 24.3 Å². The molecule has 0 unspecified atom stereocenters. The fourth-order valence-electron chi connectivity index (χ4n) is 3.06. The minimum atomic E-state index is -0.189. The molecule has 0 bridgehead atoms. The van der Waals surface area contributed by atoms with Gasteiger partial charge < -0.3 is 9.72 Å². The first-order valence-corrected chi connectivity index (χ1v) is 8.40. The first-order chi connectivity index (χ1) is 12.6. The van der Waals surface area contributed by atoms with Crippen LogP contribution in [0.15, 0.2) is 60.9 Å². The van der Waals surface area contributed by atoms with E-state index >= 15 is 0 Å². The molecular formula is C20H17N3O3. The smallest absolute Gasteiger partial charge is 0.257 e. The van der Waals surface area contributed by atoms with Gasteiger partial charge in [-0.15, -0.1) is 0 Å². The van der Waals surface area contributed by atoms with Gasteiger partial charge >= 0.3 is 0 Å². The van der Waals surface area contributed by atoms with Gasteiger partial charge in [0.25, 0.3) is 5.91 Å². The minimum absolute atomic E-state index is 0.131. The highest BCUT2D eigenvalue weighted by Gasteiger charge is 2.28. The van der Waals surface area contributed by atoms with E-state index in [1.54, 1.807) is 18.3 Å². The van der Waals surface area contributed by atoms with E-state index in [4.69, 9.17) is 0 Å². The Hall–Kier alpha value is -3.41. The van der Waals surface area contributed by atoms with Crippen LogP contribution < -0.4 is 5.32 Å². The Morgan fingerprint density at radius 2 is 1.73 bits per heavy atom. The second kappa shape index (κ2) is 6.48. The molecular weight excluding hydrogens is 330 g/mol. The lowest BCUT2D eigenvalue weighted by molar-refractivity contribution is -0.139. The highest BCUT2D eigenvalue weighted by atomic mass is 16.2. The van der Waals surface area contributed by atoms with Crippen LogP contribution in [0.2, 0.25) is 0 Å². The normalized spacial score (nSPS) is 14.2. The Balaban J connectivity index is 1.44. The molecule has 26 heavy (non-hydrogen) atoms. The lowest BCUT2D eigenvalue weighted by Gasteiger charge is -2.14. The lowest BCUT2D eigenvalue weighted by atomic mass is 10.2. The third-order valence-corrected chi connectivity index (χ3v) is 4.47. The Labute approximate surface area is 150 Å². The molecule has 1 saturated heterocycles. The van der Waals surface area contributed by atoms with Gasteiger partial charge in [-0.2, -0.15) is 0 Å². The van der Waals surface area contributed by atoms with Crippen molar-refractivity contribution < 1.29 is 14.4 Å². The van der Waals surface area contributed by atoms with Gasteiger partial charge in [0.15, 0.2) is 0 Å². The Kier molecular flexibility index (Phi) is 4.01. The van der Waals surface area contributed by atoms with Crippen molar-refractivity contribution in [2.24, 2.45) is 0 Å². The summed E-state index contributed by atoms with van der Waals surface area (Å²) in [5.74, 6) is -0.451. The minimum Gasteiger partial charge on any atom is -0.323 e. The average molecular weight is 347 g/mol. The van der Waals surface area contributed by atoms with Crippen molar-refractivity contribution in [3.05, 3.63) is 72.1 Å². The van der Waals surface area contributed by atoms with Crippen LogP contribution in [0.1, 0.15) is 28.8 Å². The molecule has 1 N–H and O–H groups in total. The quantitative estimate of drug-likeness (QED) is 0.738. The molecule has 4 rings (SSSR count). The van der Waals surface area contributed by atoms with Crippen LogP contribution in [-0.4, -0.2) is 27.0 Å². The number of hydrogen-bond acceptors (Lipinski definition) is 3. The standard InChI is InChI=1S/C20H17N3O3/c24-18-8-9-19(25)23(18)12-14-4-6-16(7-5-14)21-20(26)15-11-17-3-1-2-10-22(17)13-15/h1-7,10-11,13H,8-9,12H2,(H,21,26). The summed E-state index contributed by atoms with van der Waals surface area (Å²) in [6.45, 7) is 0.275. The molecule has 130 valence electrons. The van der Waals surface area contributed by atoms with Gasteiger partial charge in [-0.25, -0.2) is 0 Å². The zero-order valence-electron chi connectivity index (χ0n) is 14.0. The molecule has 6 nitrogen and oxygen atoms in total. The van der Waals surface area contributed by atoms with Crippen LogP contribution in [0.5, 0.6) is 0 Å². The second-order valence-electron chi connectivity index (χ2n) is 6.29. The zero-order valence-corrected chi connectivity index (χ0v) is 14.0. The van der Waals surface area contributed by atoms with E-state index in [9.17, 15) is 14.4 Å². The lowest BCUT2D eigenvalue weighted by Crippen LogP contribution is -2.28. The summed E-state index contributed by atoms with van der Waals surface area (Å²) >= 11 is 0. The molecule has 6 heteroatoms. The maximum absolute atomic E-state index is 12.4. The molecule has 0 spiro atoms. The Morgan fingerprint density at radius 3 is 2.42 bits per heavy atom. The summed E-state index contributed by atoms with van der Waals surface area (Å²) in [4.78, 5) is 37.0. The van der Waals surface area contributed by atoms with E-state index in [0.29, 0.717) is 24.1 Å². The highest BCUT2D eigenvalue weighted by Crippen LogP contribution is 2.18. The number of rotatable bonds is 4. The number of pyridine rings is 1. The third-order valence-electron chi connectivity index (χ3n) is 4.47. The van der Waals surface area contributed by atoms with Gasteiger partial charge in [-0.3, -0.25) is 19.3 Å². The number of carbonyl (C=O) groups is 3. The number of carbonyl (C=O) groups excluding carboxylic acids is 3. The van der Waals surface area contributed by atoms with Crippen molar-refractivity contribution in [3.8, 4) is 0 Å². The number of amides is 3. The molecule has 1 aliphatic rings. The van der Waals surface area contributed by atoms with Crippen molar-refractivity contribution in [3.63, 3.8) is 0 Å². The predicted octanol–water partition coefficient (Wildman–Crippen LogP) is 2.84. The van der Waals surface area contributed by atoms with Crippen molar-refractivity contribution in [2.75, 3.05) is 5.32 Å². The average Bonchev–Trinajstić information content (AvgIpc) is 3.22. The number of nitrogens with zero attached hydrogens (tertiary/aromatic N) is 2. The number of benzene rings is 1. The largest absolute Gasteiger partial charge is 0.323 e. The van der Waals surface area contributed by atoms with Gasteiger partial charge in [0, 0.05) is 36.4 Å². The van der Waals surface area contributed by atoms with Gasteiger partial charge in [0.05, 0.1) is 12.1 Å². The van der Waals surface area contributed by atoms with E-state index < -0.39 is 0 Å². The molecule has 1 fully saturated rings. The van der Waals surface area contributed by atoms with Gasteiger partial charge in [-0.05, 0) is 35.9 Å². The molecule has 2 aromatic heterocycles. The zero-order chi connectivity index (χ0) is 18.1. The summed E-state index contributed by atoms with van der Waals surface area (Å²) in [5.41, 5.74) is 3.04. The summed E-state index contributed by atoms with van der Waals surface area (Å²) in [7, 11) is 0. The van der Waals surface area contributed by atoms with Gasteiger partial charge in [0.2, 0.25) is 11.8 Å². The molecule has 0 radical (unpaired) electrons. The Bertz CT molecular complexity index is 956. The van der Waals surface area contributed by atoms with Gasteiger partial charge in [-0.1, -0.05) is 18.2 Å². The monoisotopic (exact) mass is 347 g/mol. The number of fused-ring (bicyclic) bond motifs is 1. The predicted molar refractivity (Wildman–Crippen MR) is 96.6 cm³/mol. The fourth-order valence-corrected chi connectivity index (χ4v) is 3.06. The molecule has 0 aliphatic carbocycles. The van der Waals surface area contributed by atoms with E-state index in [1.165, 1.54) is 4.90 Å².